The number of carbonyl (C=O) groups is 1. The number of hydrogen-bond donors (Lipinski definition) is 1. The Labute approximate surface area is 183 Å². The van der Waals surface area contributed by atoms with E-state index in [1.165, 1.54) is 24.3 Å². The Balaban J connectivity index is 1.66. The van der Waals surface area contributed by atoms with Crippen LogP contribution in [0.1, 0.15) is 28.0 Å². The van der Waals surface area contributed by atoms with Crippen molar-refractivity contribution < 1.29 is 18.0 Å². The maximum atomic E-state index is 13.7. The summed E-state index contributed by atoms with van der Waals surface area (Å²) in [6.45, 7) is 0.248. The van der Waals surface area contributed by atoms with E-state index < -0.39 is 23.3 Å². The molecule has 0 bridgehead atoms. The maximum absolute atomic E-state index is 13.7. The number of aromatic nitrogens is 2. The Hall–Kier alpha value is -3.00. The number of carbonyl (C=O) groups excluding carboxylic acids is 1. The van der Waals surface area contributed by atoms with Gasteiger partial charge in [-0.3, -0.25) is 4.79 Å². The summed E-state index contributed by atoms with van der Waals surface area (Å²) in [5.41, 5.74) is 0.696. The summed E-state index contributed by atoms with van der Waals surface area (Å²) in [4.78, 5) is 14.4. The molecule has 3 aromatic rings. The molecule has 0 atom stereocenters. The fourth-order valence-corrected chi connectivity index (χ4v) is 3.24. The number of rotatable bonds is 7. The molecule has 0 aliphatic heterocycles. The van der Waals surface area contributed by atoms with Crippen molar-refractivity contribution in [2.45, 2.75) is 19.0 Å². The van der Waals surface area contributed by atoms with Crippen molar-refractivity contribution in [3.8, 4) is 5.69 Å². The van der Waals surface area contributed by atoms with E-state index in [0.717, 1.165) is 17.4 Å². The summed E-state index contributed by atoms with van der Waals surface area (Å²) in [6.07, 6.45) is -2.52. The van der Waals surface area contributed by atoms with Crippen molar-refractivity contribution >= 4 is 23.2 Å². The Kier molecular flexibility index (Phi) is 6.90. The minimum absolute atomic E-state index is 0.164. The molecule has 1 N–H and O–H groups in total. The highest BCUT2D eigenvalue weighted by Crippen LogP contribution is 2.33. The first-order valence-electron chi connectivity index (χ1n) is 9.62. The van der Waals surface area contributed by atoms with Gasteiger partial charge in [0.15, 0.2) is 5.69 Å². The Morgan fingerprint density at radius 1 is 1.10 bits per heavy atom. The summed E-state index contributed by atoms with van der Waals surface area (Å²) in [5, 5.41) is 6.74. The number of nitrogens with zero attached hydrogens (tertiary/aromatic N) is 3. The van der Waals surface area contributed by atoms with Crippen molar-refractivity contribution in [1.29, 1.82) is 0 Å². The molecule has 0 aliphatic carbocycles. The van der Waals surface area contributed by atoms with Crippen LogP contribution >= 0.6 is 11.6 Å². The van der Waals surface area contributed by atoms with Gasteiger partial charge in [0.25, 0.3) is 5.91 Å². The van der Waals surface area contributed by atoms with Gasteiger partial charge in [0, 0.05) is 31.4 Å². The van der Waals surface area contributed by atoms with Crippen LogP contribution in [0.2, 0.25) is 5.02 Å². The molecule has 1 heterocycles. The van der Waals surface area contributed by atoms with E-state index in [4.69, 9.17) is 11.6 Å². The highest BCUT2D eigenvalue weighted by Gasteiger charge is 2.40. The average Bonchev–Trinajstić information content (AvgIpc) is 3.18. The zero-order valence-electron chi connectivity index (χ0n) is 17.1. The van der Waals surface area contributed by atoms with Gasteiger partial charge in [-0.15, -0.1) is 0 Å². The van der Waals surface area contributed by atoms with Crippen LogP contribution in [0.4, 0.5) is 18.9 Å². The van der Waals surface area contributed by atoms with Crippen LogP contribution in [0, 0.1) is 0 Å². The second-order valence-electron chi connectivity index (χ2n) is 7.21. The second-order valence-corrected chi connectivity index (χ2v) is 7.65. The number of halogens is 4. The van der Waals surface area contributed by atoms with Crippen molar-refractivity contribution in [3.63, 3.8) is 0 Å². The molecular formula is C22H22ClF3N4O. The third-order valence-electron chi connectivity index (χ3n) is 4.73. The van der Waals surface area contributed by atoms with Crippen LogP contribution in [-0.4, -0.2) is 36.3 Å². The van der Waals surface area contributed by atoms with Gasteiger partial charge in [-0.2, -0.15) is 18.3 Å². The molecule has 0 unspecified atom stereocenters. The van der Waals surface area contributed by atoms with Gasteiger partial charge in [-0.25, -0.2) is 4.68 Å². The molecule has 0 spiro atoms. The normalized spacial score (nSPS) is 11.4. The van der Waals surface area contributed by atoms with Crippen LogP contribution in [-0.2, 0) is 12.6 Å². The number of alkyl halides is 3. The van der Waals surface area contributed by atoms with E-state index in [0.29, 0.717) is 22.5 Å². The molecule has 0 saturated carbocycles. The van der Waals surface area contributed by atoms with E-state index >= 15 is 0 Å². The lowest BCUT2D eigenvalue weighted by Crippen LogP contribution is -2.27. The first kappa shape index (κ1) is 22.7. The number of amides is 1. The average molecular weight is 451 g/mol. The molecule has 0 saturated heterocycles. The topological polar surface area (TPSA) is 50.2 Å². The predicted molar refractivity (Wildman–Crippen MR) is 115 cm³/mol. The first-order valence-corrected chi connectivity index (χ1v) is 10.00. The standard InChI is InChI=1S/C22H22ClF3N4O/c1-29(2)17-9-5-15(6-10-17)4-3-13-27-21(31)19-14-28-30(20(19)22(24,25)26)18-11-7-16(23)8-12-18/h5-12,14H,3-4,13H2,1-2H3,(H,27,31). The SMILES string of the molecule is CN(C)c1ccc(CCCNC(=O)c2cnn(-c3ccc(Cl)cc3)c2C(F)(F)F)cc1. The Morgan fingerprint density at radius 2 is 1.74 bits per heavy atom. The number of nitrogens with one attached hydrogen (secondary N) is 1. The van der Waals surface area contributed by atoms with Gasteiger partial charge >= 0.3 is 6.18 Å². The second kappa shape index (κ2) is 9.43. The number of anilines is 1. The van der Waals surface area contributed by atoms with Crippen molar-refractivity contribution in [2.75, 3.05) is 25.5 Å². The van der Waals surface area contributed by atoms with Crippen LogP contribution in [0.5, 0.6) is 0 Å². The molecule has 0 radical (unpaired) electrons. The fraction of sp³-hybridized carbons (Fsp3) is 0.273. The number of aryl methyl sites for hydroxylation is 1. The van der Waals surface area contributed by atoms with Crippen molar-refractivity contribution in [1.82, 2.24) is 15.1 Å². The summed E-state index contributed by atoms with van der Waals surface area (Å²) >= 11 is 5.80. The minimum atomic E-state index is -4.75. The van der Waals surface area contributed by atoms with Crippen LogP contribution in [0.3, 0.4) is 0 Å². The fourth-order valence-electron chi connectivity index (χ4n) is 3.12. The minimum Gasteiger partial charge on any atom is -0.378 e. The Bertz CT molecular complexity index is 1030. The van der Waals surface area contributed by atoms with Gasteiger partial charge in [0.1, 0.15) is 0 Å². The lowest BCUT2D eigenvalue weighted by atomic mass is 10.1. The largest absolute Gasteiger partial charge is 0.434 e. The van der Waals surface area contributed by atoms with Crippen LogP contribution in [0.25, 0.3) is 5.69 Å². The molecule has 1 aromatic heterocycles. The summed E-state index contributed by atoms with van der Waals surface area (Å²) < 4.78 is 41.8. The zero-order chi connectivity index (χ0) is 22.6. The highest BCUT2D eigenvalue weighted by atomic mass is 35.5. The maximum Gasteiger partial charge on any atom is 0.434 e. The molecule has 1 amide bonds. The molecular weight excluding hydrogens is 429 g/mol. The molecule has 3 rings (SSSR count). The van der Waals surface area contributed by atoms with Crippen LogP contribution < -0.4 is 10.2 Å². The highest BCUT2D eigenvalue weighted by molar-refractivity contribution is 6.30. The summed E-state index contributed by atoms with van der Waals surface area (Å²) in [7, 11) is 3.91. The lowest BCUT2D eigenvalue weighted by molar-refractivity contribution is -0.143. The molecule has 9 heteroatoms. The first-order chi connectivity index (χ1) is 14.7. The van der Waals surface area contributed by atoms with Gasteiger partial charge in [-0.1, -0.05) is 23.7 Å². The van der Waals surface area contributed by atoms with Gasteiger partial charge in [0.05, 0.1) is 17.4 Å². The third kappa shape index (κ3) is 5.58. The van der Waals surface area contributed by atoms with Gasteiger partial charge in [-0.05, 0) is 54.8 Å². The van der Waals surface area contributed by atoms with Gasteiger partial charge in [0.2, 0.25) is 0 Å². The lowest BCUT2D eigenvalue weighted by Gasteiger charge is -2.13. The van der Waals surface area contributed by atoms with E-state index in [1.807, 2.05) is 43.3 Å². The number of benzene rings is 2. The predicted octanol–water partition coefficient (Wildman–Crippen LogP) is 4.97. The monoisotopic (exact) mass is 450 g/mol. The van der Waals surface area contributed by atoms with Gasteiger partial charge < -0.3 is 10.2 Å². The van der Waals surface area contributed by atoms with E-state index in [-0.39, 0.29) is 12.2 Å². The van der Waals surface area contributed by atoms with E-state index in [2.05, 4.69) is 10.4 Å². The van der Waals surface area contributed by atoms with Crippen molar-refractivity contribution in [2.24, 2.45) is 0 Å². The molecule has 31 heavy (non-hydrogen) atoms. The van der Waals surface area contributed by atoms with Crippen molar-refractivity contribution in [3.05, 3.63) is 76.6 Å². The summed E-state index contributed by atoms with van der Waals surface area (Å²) in [6, 6.07) is 13.7. The molecule has 2 aromatic carbocycles. The van der Waals surface area contributed by atoms with Crippen LogP contribution in [0.15, 0.2) is 54.7 Å². The zero-order valence-corrected chi connectivity index (χ0v) is 17.8. The molecule has 0 fully saturated rings. The quantitative estimate of drug-likeness (QED) is 0.517. The van der Waals surface area contributed by atoms with E-state index in [1.54, 1.807) is 0 Å². The molecule has 5 nitrogen and oxygen atoms in total. The Morgan fingerprint density at radius 3 is 2.32 bits per heavy atom. The third-order valence-corrected chi connectivity index (χ3v) is 4.99. The summed E-state index contributed by atoms with van der Waals surface area (Å²) in [5.74, 6) is -0.810. The van der Waals surface area contributed by atoms with E-state index in [9.17, 15) is 18.0 Å². The smallest absolute Gasteiger partial charge is 0.378 e. The number of hydrogen-bond acceptors (Lipinski definition) is 3. The molecule has 0 aliphatic rings. The molecule has 164 valence electrons.